The molecule has 1 rings (SSSR count). The van der Waals surface area contributed by atoms with Gasteiger partial charge >= 0.3 is 0 Å². The summed E-state index contributed by atoms with van der Waals surface area (Å²) in [6, 6.07) is 0.296. The number of methoxy groups -OCH3 is 1. The van der Waals surface area contributed by atoms with Gasteiger partial charge < -0.3 is 15.4 Å². The van der Waals surface area contributed by atoms with Crippen LogP contribution in [0.3, 0.4) is 0 Å². The van der Waals surface area contributed by atoms with E-state index in [1.807, 2.05) is 13.8 Å². The van der Waals surface area contributed by atoms with Crippen molar-refractivity contribution in [3.63, 3.8) is 0 Å². The van der Waals surface area contributed by atoms with Gasteiger partial charge in [0.2, 0.25) is 5.91 Å². The average molecular weight is 240 g/mol. The SMILES string of the molecule is COCCn1cc(NC(=O)CNC(C)C)cn1. The van der Waals surface area contributed by atoms with Crippen molar-refractivity contribution < 1.29 is 9.53 Å². The molecule has 0 radical (unpaired) electrons. The lowest BCUT2D eigenvalue weighted by Gasteiger charge is -2.07. The van der Waals surface area contributed by atoms with Crippen LogP contribution in [0.25, 0.3) is 0 Å². The van der Waals surface area contributed by atoms with Crippen LogP contribution in [0.1, 0.15) is 13.8 Å². The van der Waals surface area contributed by atoms with E-state index >= 15 is 0 Å². The Bertz CT molecular complexity index is 349. The van der Waals surface area contributed by atoms with Gasteiger partial charge in [0, 0.05) is 19.3 Å². The summed E-state index contributed by atoms with van der Waals surface area (Å²) in [6.07, 6.45) is 3.41. The molecular formula is C11H20N4O2. The maximum atomic E-state index is 11.5. The molecule has 0 aromatic carbocycles. The first-order valence-corrected chi connectivity index (χ1v) is 5.66. The van der Waals surface area contributed by atoms with E-state index in [0.29, 0.717) is 31.4 Å². The summed E-state index contributed by atoms with van der Waals surface area (Å²) >= 11 is 0. The van der Waals surface area contributed by atoms with Gasteiger partial charge in [-0.1, -0.05) is 13.8 Å². The quantitative estimate of drug-likeness (QED) is 0.727. The fraction of sp³-hybridized carbons (Fsp3) is 0.636. The van der Waals surface area contributed by atoms with Crippen LogP contribution < -0.4 is 10.6 Å². The molecule has 0 atom stereocenters. The van der Waals surface area contributed by atoms with Gasteiger partial charge in [-0.15, -0.1) is 0 Å². The molecule has 1 amide bonds. The number of aromatic nitrogens is 2. The standard InChI is InChI=1S/C11H20N4O2/c1-9(2)12-7-11(16)14-10-6-13-15(8-10)4-5-17-3/h6,8-9,12H,4-5,7H2,1-3H3,(H,14,16). The Labute approximate surface area is 101 Å². The Morgan fingerprint density at radius 1 is 1.59 bits per heavy atom. The predicted molar refractivity (Wildman–Crippen MR) is 65.9 cm³/mol. The lowest BCUT2D eigenvalue weighted by atomic mass is 10.4. The minimum absolute atomic E-state index is 0.0648. The van der Waals surface area contributed by atoms with Crippen molar-refractivity contribution in [2.45, 2.75) is 26.4 Å². The van der Waals surface area contributed by atoms with Crippen LogP contribution in [0.4, 0.5) is 5.69 Å². The van der Waals surface area contributed by atoms with Gasteiger partial charge in [-0.25, -0.2) is 0 Å². The van der Waals surface area contributed by atoms with Gasteiger partial charge in [0.1, 0.15) is 0 Å². The highest BCUT2D eigenvalue weighted by Crippen LogP contribution is 2.04. The largest absolute Gasteiger partial charge is 0.383 e. The van der Waals surface area contributed by atoms with Crippen LogP contribution in [0, 0.1) is 0 Å². The number of amides is 1. The van der Waals surface area contributed by atoms with E-state index in [1.54, 1.807) is 24.2 Å². The highest BCUT2D eigenvalue weighted by molar-refractivity contribution is 5.91. The number of hydrogen-bond acceptors (Lipinski definition) is 4. The van der Waals surface area contributed by atoms with Gasteiger partial charge in [0.25, 0.3) is 0 Å². The normalized spacial score (nSPS) is 10.8. The molecule has 0 saturated heterocycles. The van der Waals surface area contributed by atoms with Crippen LogP contribution in [0.2, 0.25) is 0 Å². The third-order valence-corrected chi connectivity index (χ3v) is 2.11. The molecule has 0 saturated carbocycles. The van der Waals surface area contributed by atoms with E-state index in [1.165, 1.54) is 0 Å². The van der Waals surface area contributed by atoms with Gasteiger partial charge in [0.15, 0.2) is 0 Å². The van der Waals surface area contributed by atoms with E-state index in [9.17, 15) is 4.79 Å². The van der Waals surface area contributed by atoms with Gasteiger partial charge in [-0.2, -0.15) is 5.10 Å². The van der Waals surface area contributed by atoms with Crippen molar-refractivity contribution in [3.8, 4) is 0 Å². The fourth-order valence-corrected chi connectivity index (χ4v) is 1.24. The summed E-state index contributed by atoms with van der Waals surface area (Å²) in [5.41, 5.74) is 0.705. The van der Waals surface area contributed by atoms with E-state index in [2.05, 4.69) is 15.7 Å². The van der Waals surface area contributed by atoms with Crippen LogP contribution in [0.5, 0.6) is 0 Å². The molecule has 6 nitrogen and oxygen atoms in total. The Hall–Kier alpha value is -1.40. The average Bonchev–Trinajstić information content (AvgIpc) is 2.71. The highest BCUT2D eigenvalue weighted by atomic mass is 16.5. The Morgan fingerprint density at radius 2 is 2.35 bits per heavy atom. The van der Waals surface area contributed by atoms with Crippen molar-refractivity contribution >= 4 is 11.6 Å². The second kappa shape index (κ2) is 7.03. The van der Waals surface area contributed by atoms with Crippen molar-refractivity contribution in [1.82, 2.24) is 15.1 Å². The lowest BCUT2D eigenvalue weighted by Crippen LogP contribution is -2.32. The molecule has 0 aliphatic heterocycles. The Balaban J connectivity index is 2.35. The molecule has 0 aliphatic carbocycles. The van der Waals surface area contributed by atoms with Crippen molar-refractivity contribution in [2.75, 3.05) is 25.6 Å². The summed E-state index contributed by atoms with van der Waals surface area (Å²) in [4.78, 5) is 11.5. The number of ether oxygens (including phenoxy) is 1. The molecule has 0 spiro atoms. The molecule has 1 aromatic rings. The molecule has 6 heteroatoms. The summed E-state index contributed by atoms with van der Waals surface area (Å²) < 4.78 is 6.67. The Kier molecular flexibility index (Phi) is 5.65. The second-order valence-corrected chi connectivity index (χ2v) is 4.07. The maximum absolute atomic E-state index is 11.5. The summed E-state index contributed by atoms with van der Waals surface area (Å²) in [7, 11) is 1.64. The summed E-state index contributed by atoms with van der Waals surface area (Å²) in [5.74, 6) is -0.0648. The van der Waals surface area contributed by atoms with Crippen LogP contribution >= 0.6 is 0 Å². The van der Waals surface area contributed by atoms with Gasteiger partial charge in [0.05, 0.1) is 31.6 Å². The zero-order chi connectivity index (χ0) is 12.7. The van der Waals surface area contributed by atoms with Crippen molar-refractivity contribution in [1.29, 1.82) is 0 Å². The molecule has 0 aliphatic rings. The molecule has 1 heterocycles. The molecule has 2 N–H and O–H groups in total. The topological polar surface area (TPSA) is 68.2 Å². The molecular weight excluding hydrogens is 220 g/mol. The summed E-state index contributed by atoms with van der Waals surface area (Å²) in [6.45, 7) is 5.58. The first kappa shape index (κ1) is 13.7. The number of anilines is 1. The number of hydrogen-bond donors (Lipinski definition) is 2. The predicted octanol–water partition coefficient (Wildman–Crippen LogP) is 0.466. The fourth-order valence-electron chi connectivity index (χ4n) is 1.24. The Morgan fingerprint density at radius 3 is 3.00 bits per heavy atom. The molecule has 1 aromatic heterocycles. The van der Waals surface area contributed by atoms with Crippen LogP contribution in [0.15, 0.2) is 12.4 Å². The molecule has 0 bridgehead atoms. The minimum Gasteiger partial charge on any atom is -0.383 e. The number of rotatable bonds is 7. The molecule has 96 valence electrons. The van der Waals surface area contributed by atoms with E-state index in [4.69, 9.17) is 4.74 Å². The van der Waals surface area contributed by atoms with Crippen LogP contribution in [-0.2, 0) is 16.1 Å². The van der Waals surface area contributed by atoms with Crippen molar-refractivity contribution in [2.24, 2.45) is 0 Å². The van der Waals surface area contributed by atoms with Gasteiger partial charge in [-0.05, 0) is 0 Å². The number of carbonyl (C=O) groups excluding carboxylic acids is 1. The third kappa shape index (κ3) is 5.46. The van der Waals surface area contributed by atoms with E-state index < -0.39 is 0 Å². The summed E-state index contributed by atoms with van der Waals surface area (Å²) in [5, 5.41) is 9.92. The second-order valence-electron chi connectivity index (χ2n) is 4.07. The highest BCUT2D eigenvalue weighted by Gasteiger charge is 2.04. The number of nitrogens with zero attached hydrogens (tertiary/aromatic N) is 2. The smallest absolute Gasteiger partial charge is 0.238 e. The zero-order valence-corrected chi connectivity index (χ0v) is 10.6. The number of nitrogens with one attached hydrogen (secondary N) is 2. The van der Waals surface area contributed by atoms with Crippen molar-refractivity contribution in [3.05, 3.63) is 12.4 Å². The molecule has 0 fully saturated rings. The lowest BCUT2D eigenvalue weighted by molar-refractivity contribution is -0.115. The monoisotopic (exact) mass is 240 g/mol. The van der Waals surface area contributed by atoms with Crippen LogP contribution in [-0.4, -0.2) is 42.0 Å². The minimum atomic E-state index is -0.0648. The first-order chi connectivity index (χ1) is 8.11. The third-order valence-electron chi connectivity index (χ3n) is 2.11. The van der Waals surface area contributed by atoms with E-state index in [-0.39, 0.29) is 5.91 Å². The molecule has 0 unspecified atom stereocenters. The number of carbonyl (C=O) groups is 1. The maximum Gasteiger partial charge on any atom is 0.238 e. The molecule has 17 heavy (non-hydrogen) atoms. The zero-order valence-electron chi connectivity index (χ0n) is 10.6. The van der Waals surface area contributed by atoms with E-state index in [0.717, 1.165) is 0 Å². The first-order valence-electron chi connectivity index (χ1n) is 5.66. The van der Waals surface area contributed by atoms with Gasteiger partial charge in [-0.3, -0.25) is 9.48 Å².